The van der Waals surface area contributed by atoms with Gasteiger partial charge in [0.25, 0.3) is 0 Å². The van der Waals surface area contributed by atoms with Crippen molar-refractivity contribution in [3.8, 4) is 33.4 Å². The number of nitrogens with zero attached hydrogens (tertiary/aromatic N) is 1. The highest BCUT2D eigenvalue weighted by atomic mass is 19.4. The van der Waals surface area contributed by atoms with Crippen molar-refractivity contribution in [3.63, 3.8) is 0 Å². The van der Waals surface area contributed by atoms with Gasteiger partial charge in [-0.05, 0) is 87.2 Å². The zero-order valence-electron chi connectivity index (χ0n) is 23.3. The van der Waals surface area contributed by atoms with E-state index in [0.717, 1.165) is 12.1 Å². The summed E-state index contributed by atoms with van der Waals surface area (Å²) in [6, 6.07) is 20.2. The first-order valence-corrected chi connectivity index (χ1v) is 13.6. The van der Waals surface area contributed by atoms with Gasteiger partial charge in [-0.3, -0.25) is 4.79 Å². The van der Waals surface area contributed by atoms with Crippen LogP contribution in [-0.2, 0) is 22.6 Å². The first-order valence-electron chi connectivity index (χ1n) is 13.6. The van der Waals surface area contributed by atoms with Gasteiger partial charge in [-0.15, -0.1) is 0 Å². The predicted molar refractivity (Wildman–Crippen MR) is 153 cm³/mol. The quantitative estimate of drug-likeness (QED) is 0.220. The van der Waals surface area contributed by atoms with Crippen LogP contribution in [0.15, 0.2) is 84.9 Å². The highest BCUT2D eigenvalue weighted by Crippen LogP contribution is 2.49. The van der Waals surface area contributed by atoms with Gasteiger partial charge in [-0.1, -0.05) is 69.3 Å². The highest BCUT2D eigenvalue weighted by molar-refractivity contribution is 5.98. The summed E-state index contributed by atoms with van der Waals surface area (Å²) in [6.45, 7) is 6.14. The van der Waals surface area contributed by atoms with Gasteiger partial charge < -0.3 is 4.90 Å². The monoisotopic (exact) mass is 581 g/mol. The second-order valence-corrected chi connectivity index (χ2v) is 11.5. The third-order valence-electron chi connectivity index (χ3n) is 7.59. The lowest BCUT2D eigenvalue weighted by Crippen LogP contribution is -2.23. The number of rotatable bonds is 4. The zero-order chi connectivity index (χ0) is 30.4. The van der Waals surface area contributed by atoms with Crippen LogP contribution in [0.2, 0.25) is 0 Å². The number of amides is 1. The molecular formula is C34H29F6NO. The number of carbonyl (C=O) groups is 1. The van der Waals surface area contributed by atoms with E-state index in [2.05, 4.69) is 0 Å². The predicted octanol–water partition coefficient (Wildman–Crippen LogP) is 10.1. The number of hydrogen-bond donors (Lipinski definition) is 0. The van der Waals surface area contributed by atoms with Crippen LogP contribution in [0.4, 0.5) is 32.0 Å². The molecule has 0 atom stereocenters. The minimum absolute atomic E-state index is 0.0307. The van der Waals surface area contributed by atoms with Gasteiger partial charge in [0.1, 0.15) is 0 Å². The van der Waals surface area contributed by atoms with Crippen LogP contribution in [0.25, 0.3) is 33.4 Å². The average Bonchev–Trinajstić information content (AvgIpc) is 3.36. The molecule has 0 unspecified atom stereocenters. The Kier molecular flexibility index (Phi) is 7.46. The summed E-state index contributed by atoms with van der Waals surface area (Å²) in [6.07, 6.45) is -8.26. The number of benzene rings is 4. The summed E-state index contributed by atoms with van der Waals surface area (Å²) in [5.74, 6) is -0.0307. The maximum atomic E-state index is 14.3. The van der Waals surface area contributed by atoms with Crippen LogP contribution in [0, 0.1) is 0 Å². The normalized spacial score (nSPS) is 14.5. The first kappa shape index (κ1) is 29.4. The van der Waals surface area contributed by atoms with Gasteiger partial charge in [0, 0.05) is 18.7 Å². The van der Waals surface area contributed by atoms with Crippen LogP contribution in [0.1, 0.15) is 50.3 Å². The standard InChI is InChI=1S/C34H29F6NO/c1-32(2,3)22-19-26(24-9-4-6-11-28(24)33(35,36)37)31(21-14-16-23(17-15-21)41-18-8-13-30(41)42)27(20-22)25-10-5-7-12-29(25)34(38,39)40/h4-7,9-12,14-17,19-20H,8,13,18H2,1-3H3. The minimum atomic E-state index is -4.70. The third kappa shape index (κ3) is 5.67. The number of anilines is 1. The maximum absolute atomic E-state index is 14.3. The fraction of sp³-hybridized carbons (Fsp3) is 0.265. The Labute approximate surface area is 240 Å². The van der Waals surface area contributed by atoms with E-state index < -0.39 is 28.9 Å². The maximum Gasteiger partial charge on any atom is 0.417 e. The molecule has 0 spiro atoms. The Morgan fingerprint density at radius 3 is 1.52 bits per heavy atom. The molecule has 4 aromatic rings. The summed E-state index contributed by atoms with van der Waals surface area (Å²) < 4.78 is 85.9. The molecule has 1 aliphatic heterocycles. The van der Waals surface area contributed by atoms with Crippen LogP contribution < -0.4 is 4.90 Å². The van der Waals surface area contributed by atoms with E-state index in [1.165, 1.54) is 36.4 Å². The Morgan fingerprint density at radius 1 is 0.643 bits per heavy atom. The summed E-state index contributed by atoms with van der Waals surface area (Å²) >= 11 is 0. The number of hydrogen-bond acceptors (Lipinski definition) is 1. The number of alkyl halides is 6. The van der Waals surface area contributed by atoms with Crippen molar-refractivity contribution in [2.45, 2.75) is 51.4 Å². The highest BCUT2D eigenvalue weighted by Gasteiger charge is 2.37. The topological polar surface area (TPSA) is 20.3 Å². The largest absolute Gasteiger partial charge is 0.417 e. The molecule has 1 heterocycles. The fourth-order valence-corrected chi connectivity index (χ4v) is 5.47. The molecule has 0 N–H and O–H groups in total. The van der Waals surface area contributed by atoms with Crippen molar-refractivity contribution in [2.75, 3.05) is 11.4 Å². The van der Waals surface area contributed by atoms with E-state index in [-0.39, 0.29) is 33.7 Å². The lowest BCUT2D eigenvalue weighted by Gasteiger charge is -2.27. The molecule has 218 valence electrons. The van der Waals surface area contributed by atoms with E-state index >= 15 is 0 Å². The smallest absolute Gasteiger partial charge is 0.312 e. The lowest BCUT2D eigenvalue weighted by molar-refractivity contribution is -0.137. The molecule has 42 heavy (non-hydrogen) atoms. The van der Waals surface area contributed by atoms with Gasteiger partial charge in [0.05, 0.1) is 11.1 Å². The SMILES string of the molecule is CC(C)(C)c1cc(-c2ccccc2C(F)(F)F)c(-c2ccc(N3CCCC3=O)cc2)c(-c2ccccc2C(F)(F)F)c1. The summed E-state index contributed by atoms with van der Waals surface area (Å²) in [5, 5.41) is 0. The first-order chi connectivity index (χ1) is 19.7. The molecular weight excluding hydrogens is 552 g/mol. The molecule has 5 rings (SSSR count). The number of carbonyl (C=O) groups excluding carboxylic acids is 1. The van der Waals surface area contributed by atoms with E-state index in [1.54, 1.807) is 41.3 Å². The summed E-state index contributed by atoms with van der Waals surface area (Å²) in [5.41, 5.74) is -0.376. The van der Waals surface area contributed by atoms with Crippen molar-refractivity contribution in [1.29, 1.82) is 0 Å². The van der Waals surface area contributed by atoms with E-state index in [1.807, 2.05) is 20.8 Å². The van der Waals surface area contributed by atoms with E-state index in [0.29, 0.717) is 36.2 Å². The van der Waals surface area contributed by atoms with Gasteiger partial charge in [-0.25, -0.2) is 0 Å². The third-order valence-corrected chi connectivity index (χ3v) is 7.59. The molecule has 8 heteroatoms. The Morgan fingerprint density at radius 2 is 1.12 bits per heavy atom. The molecule has 0 aromatic heterocycles. The Hall–Kier alpha value is -4.07. The van der Waals surface area contributed by atoms with Crippen molar-refractivity contribution in [2.24, 2.45) is 0 Å². The summed E-state index contributed by atoms with van der Waals surface area (Å²) in [7, 11) is 0. The molecule has 0 radical (unpaired) electrons. The van der Waals surface area contributed by atoms with Gasteiger partial charge in [-0.2, -0.15) is 26.3 Å². The molecule has 1 aliphatic rings. The summed E-state index contributed by atoms with van der Waals surface area (Å²) in [4.78, 5) is 13.9. The Bertz CT molecular complexity index is 1550. The van der Waals surface area contributed by atoms with Gasteiger partial charge >= 0.3 is 12.4 Å². The van der Waals surface area contributed by atoms with Crippen molar-refractivity contribution in [3.05, 3.63) is 102 Å². The van der Waals surface area contributed by atoms with Crippen LogP contribution in [0.5, 0.6) is 0 Å². The van der Waals surface area contributed by atoms with E-state index in [9.17, 15) is 31.1 Å². The van der Waals surface area contributed by atoms with Gasteiger partial charge in [0.15, 0.2) is 0 Å². The minimum Gasteiger partial charge on any atom is -0.312 e. The second kappa shape index (κ2) is 10.6. The fourth-order valence-electron chi connectivity index (χ4n) is 5.47. The molecule has 1 fully saturated rings. The lowest BCUT2D eigenvalue weighted by atomic mass is 9.78. The molecule has 2 nitrogen and oxygen atoms in total. The van der Waals surface area contributed by atoms with Crippen molar-refractivity contribution >= 4 is 11.6 Å². The molecule has 1 amide bonds. The average molecular weight is 582 g/mol. The van der Waals surface area contributed by atoms with Crippen LogP contribution in [-0.4, -0.2) is 12.5 Å². The number of halogens is 6. The van der Waals surface area contributed by atoms with E-state index in [4.69, 9.17) is 0 Å². The molecule has 0 saturated carbocycles. The van der Waals surface area contributed by atoms with Crippen molar-refractivity contribution < 1.29 is 31.1 Å². The van der Waals surface area contributed by atoms with Crippen LogP contribution in [0.3, 0.4) is 0 Å². The van der Waals surface area contributed by atoms with Crippen LogP contribution >= 0.6 is 0 Å². The second-order valence-electron chi connectivity index (χ2n) is 11.5. The molecule has 0 bridgehead atoms. The zero-order valence-corrected chi connectivity index (χ0v) is 23.3. The molecule has 1 saturated heterocycles. The van der Waals surface area contributed by atoms with Gasteiger partial charge in [0.2, 0.25) is 5.91 Å². The molecule has 4 aromatic carbocycles. The Balaban J connectivity index is 1.89. The molecule has 0 aliphatic carbocycles. The van der Waals surface area contributed by atoms with Crippen molar-refractivity contribution in [1.82, 2.24) is 0 Å².